The maximum atomic E-state index is 11.9. The minimum absolute atomic E-state index is 0.113. The topological polar surface area (TPSA) is 53.2 Å². The smallest absolute Gasteiger partial charge is 0.319 e. The highest BCUT2D eigenvalue weighted by Crippen LogP contribution is 2.32. The molecule has 0 aliphatic heterocycles. The van der Waals surface area contributed by atoms with E-state index in [0.29, 0.717) is 5.92 Å². The third-order valence-electron chi connectivity index (χ3n) is 3.84. The summed E-state index contributed by atoms with van der Waals surface area (Å²) in [6, 6.07) is 8.43. The number of nitrogens with one attached hydrogen (secondary N) is 3. The van der Waals surface area contributed by atoms with E-state index < -0.39 is 0 Å². The van der Waals surface area contributed by atoms with Crippen LogP contribution in [-0.4, -0.2) is 18.6 Å². The fourth-order valence-corrected chi connectivity index (χ4v) is 2.40. The highest BCUT2D eigenvalue weighted by Gasteiger charge is 2.28. The number of benzene rings is 1. The van der Waals surface area contributed by atoms with Crippen molar-refractivity contribution in [2.24, 2.45) is 5.92 Å². The number of carbonyl (C=O) groups is 1. The highest BCUT2D eigenvalue weighted by molar-refractivity contribution is 5.89. The summed E-state index contributed by atoms with van der Waals surface area (Å²) in [6.45, 7) is 7.21. The summed E-state index contributed by atoms with van der Waals surface area (Å²) in [7, 11) is 0. The van der Waals surface area contributed by atoms with Crippen molar-refractivity contribution in [2.75, 3.05) is 11.9 Å². The van der Waals surface area contributed by atoms with Gasteiger partial charge < -0.3 is 16.0 Å². The molecule has 2 amide bonds. The summed E-state index contributed by atoms with van der Waals surface area (Å²) in [5, 5.41) is 9.28. The summed E-state index contributed by atoms with van der Waals surface area (Å²) in [5.74, 6) is 0.667. The van der Waals surface area contributed by atoms with Crippen LogP contribution in [0.4, 0.5) is 10.5 Å². The maximum Gasteiger partial charge on any atom is 0.319 e. The van der Waals surface area contributed by atoms with Crippen LogP contribution in [0.1, 0.15) is 45.2 Å². The van der Waals surface area contributed by atoms with Gasteiger partial charge in [-0.15, -0.1) is 0 Å². The SMILES string of the molecule is CCNC(C)c1cccc(NC(=O)NC(C)C2CC2)c1. The molecule has 0 radical (unpaired) electrons. The predicted molar refractivity (Wildman–Crippen MR) is 82.9 cm³/mol. The van der Waals surface area contributed by atoms with Crippen molar-refractivity contribution >= 4 is 11.7 Å². The summed E-state index contributed by atoms with van der Waals surface area (Å²) in [5.41, 5.74) is 2.02. The van der Waals surface area contributed by atoms with E-state index in [0.717, 1.165) is 12.2 Å². The van der Waals surface area contributed by atoms with Crippen molar-refractivity contribution in [3.63, 3.8) is 0 Å². The fourth-order valence-electron chi connectivity index (χ4n) is 2.40. The first-order chi connectivity index (χ1) is 9.60. The van der Waals surface area contributed by atoms with E-state index in [9.17, 15) is 4.79 Å². The molecule has 1 aromatic carbocycles. The third-order valence-corrected chi connectivity index (χ3v) is 3.84. The molecule has 4 nitrogen and oxygen atoms in total. The molecule has 2 rings (SSSR count). The third kappa shape index (κ3) is 4.23. The Bertz CT molecular complexity index is 457. The van der Waals surface area contributed by atoms with Crippen molar-refractivity contribution in [3.05, 3.63) is 29.8 Å². The van der Waals surface area contributed by atoms with E-state index in [-0.39, 0.29) is 18.1 Å². The fraction of sp³-hybridized carbons (Fsp3) is 0.562. The predicted octanol–water partition coefficient (Wildman–Crippen LogP) is 3.28. The lowest BCUT2D eigenvalue weighted by atomic mass is 10.1. The van der Waals surface area contributed by atoms with Gasteiger partial charge in [0, 0.05) is 17.8 Å². The van der Waals surface area contributed by atoms with Gasteiger partial charge in [0.15, 0.2) is 0 Å². The lowest BCUT2D eigenvalue weighted by molar-refractivity contribution is 0.248. The Morgan fingerprint density at radius 2 is 2.10 bits per heavy atom. The van der Waals surface area contributed by atoms with Crippen molar-refractivity contribution in [3.8, 4) is 0 Å². The molecule has 110 valence electrons. The number of hydrogen-bond acceptors (Lipinski definition) is 2. The Morgan fingerprint density at radius 3 is 2.75 bits per heavy atom. The molecule has 1 fully saturated rings. The Kier molecular flexibility index (Phi) is 5.01. The molecule has 0 aromatic heterocycles. The molecule has 0 saturated heterocycles. The standard InChI is InChI=1S/C16H25N3O/c1-4-17-11(2)14-6-5-7-15(10-14)19-16(20)18-12(3)13-8-9-13/h5-7,10-13,17H,4,8-9H2,1-3H3,(H2,18,19,20). The molecule has 20 heavy (non-hydrogen) atoms. The van der Waals surface area contributed by atoms with Crippen molar-refractivity contribution in [1.29, 1.82) is 0 Å². The average Bonchev–Trinajstić information content (AvgIpc) is 3.23. The monoisotopic (exact) mass is 275 g/mol. The van der Waals surface area contributed by atoms with E-state index in [1.807, 2.05) is 18.2 Å². The first-order valence-corrected chi connectivity index (χ1v) is 7.51. The van der Waals surface area contributed by atoms with Gasteiger partial charge in [-0.3, -0.25) is 0 Å². The number of urea groups is 1. The second-order valence-corrected chi connectivity index (χ2v) is 5.63. The van der Waals surface area contributed by atoms with E-state index in [1.165, 1.54) is 18.4 Å². The zero-order valence-corrected chi connectivity index (χ0v) is 12.6. The van der Waals surface area contributed by atoms with Crippen LogP contribution < -0.4 is 16.0 Å². The zero-order valence-electron chi connectivity index (χ0n) is 12.6. The number of anilines is 1. The van der Waals surface area contributed by atoms with Crippen LogP contribution in [0.2, 0.25) is 0 Å². The zero-order chi connectivity index (χ0) is 14.5. The normalized spacial score (nSPS) is 17.4. The van der Waals surface area contributed by atoms with Crippen molar-refractivity contribution in [2.45, 2.75) is 45.7 Å². The molecule has 1 aromatic rings. The van der Waals surface area contributed by atoms with Crippen LogP contribution in [0.3, 0.4) is 0 Å². The molecule has 3 N–H and O–H groups in total. The van der Waals surface area contributed by atoms with Gasteiger partial charge in [-0.25, -0.2) is 4.79 Å². The van der Waals surface area contributed by atoms with Gasteiger partial charge in [0.1, 0.15) is 0 Å². The molecule has 1 aliphatic rings. The van der Waals surface area contributed by atoms with Gasteiger partial charge in [-0.1, -0.05) is 19.1 Å². The molecule has 0 heterocycles. The molecule has 1 saturated carbocycles. The van der Waals surface area contributed by atoms with Gasteiger partial charge >= 0.3 is 6.03 Å². The summed E-state index contributed by atoms with van der Waals surface area (Å²) >= 11 is 0. The summed E-state index contributed by atoms with van der Waals surface area (Å²) in [4.78, 5) is 11.9. The lowest BCUT2D eigenvalue weighted by Gasteiger charge is -2.16. The van der Waals surface area contributed by atoms with Crippen LogP contribution in [0, 0.1) is 5.92 Å². The largest absolute Gasteiger partial charge is 0.335 e. The summed E-state index contributed by atoms with van der Waals surface area (Å²) < 4.78 is 0. The van der Waals surface area contributed by atoms with Crippen LogP contribution >= 0.6 is 0 Å². The van der Waals surface area contributed by atoms with E-state index >= 15 is 0 Å². The van der Waals surface area contributed by atoms with Crippen LogP contribution in [0.5, 0.6) is 0 Å². The Hall–Kier alpha value is -1.55. The molecule has 4 heteroatoms. The minimum atomic E-state index is -0.113. The van der Waals surface area contributed by atoms with Gasteiger partial charge in [0.05, 0.1) is 0 Å². The second-order valence-electron chi connectivity index (χ2n) is 5.63. The van der Waals surface area contributed by atoms with Gasteiger partial charge in [0.25, 0.3) is 0 Å². The van der Waals surface area contributed by atoms with E-state index in [1.54, 1.807) is 0 Å². The van der Waals surface area contributed by atoms with Crippen LogP contribution in [-0.2, 0) is 0 Å². The first kappa shape index (κ1) is 14.9. The van der Waals surface area contributed by atoms with Gasteiger partial charge in [-0.05, 0) is 56.8 Å². The number of rotatable bonds is 6. The van der Waals surface area contributed by atoms with Gasteiger partial charge in [0.2, 0.25) is 0 Å². The van der Waals surface area contributed by atoms with E-state index in [2.05, 4.69) is 42.8 Å². The Labute approximate surface area is 121 Å². The second kappa shape index (κ2) is 6.75. The van der Waals surface area contributed by atoms with Crippen molar-refractivity contribution in [1.82, 2.24) is 10.6 Å². The van der Waals surface area contributed by atoms with Crippen LogP contribution in [0.25, 0.3) is 0 Å². The average molecular weight is 275 g/mol. The Morgan fingerprint density at radius 1 is 1.35 bits per heavy atom. The highest BCUT2D eigenvalue weighted by atomic mass is 16.2. The molecular formula is C16H25N3O. The van der Waals surface area contributed by atoms with E-state index in [4.69, 9.17) is 0 Å². The molecule has 2 atom stereocenters. The molecule has 0 spiro atoms. The molecule has 2 unspecified atom stereocenters. The number of amides is 2. The van der Waals surface area contributed by atoms with Gasteiger partial charge in [-0.2, -0.15) is 0 Å². The maximum absolute atomic E-state index is 11.9. The summed E-state index contributed by atoms with van der Waals surface area (Å²) in [6.07, 6.45) is 2.47. The molecule has 1 aliphatic carbocycles. The van der Waals surface area contributed by atoms with Crippen LogP contribution in [0.15, 0.2) is 24.3 Å². The molecular weight excluding hydrogens is 250 g/mol. The molecule has 0 bridgehead atoms. The number of carbonyl (C=O) groups excluding carboxylic acids is 1. The lowest BCUT2D eigenvalue weighted by Crippen LogP contribution is -2.37. The van der Waals surface area contributed by atoms with Crippen molar-refractivity contribution < 1.29 is 4.79 Å². The number of hydrogen-bond donors (Lipinski definition) is 3. The quantitative estimate of drug-likeness (QED) is 0.746. The first-order valence-electron chi connectivity index (χ1n) is 7.51. The Balaban J connectivity index is 1.91. The minimum Gasteiger partial charge on any atom is -0.335 e.